The van der Waals surface area contributed by atoms with E-state index in [1.54, 1.807) is 0 Å². The summed E-state index contributed by atoms with van der Waals surface area (Å²) in [4.78, 5) is 7.83. The van der Waals surface area contributed by atoms with E-state index in [1.165, 1.54) is 24.9 Å². The van der Waals surface area contributed by atoms with Crippen LogP contribution in [0.5, 0.6) is 0 Å². The Kier molecular flexibility index (Phi) is 3.69. The Balaban J connectivity index is 2.71. The number of hydrogen-bond acceptors (Lipinski definition) is 2. The minimum absolute atomic E-state index is 0.245. The standard InChI is InChI=1S/C12H28N2Si/c1-11(2,3)13-15(9-7-8-10-15)14-12(4,5)6/h13-14H,7-10H2,1-6H3. The summed E-state index contributed by atoms with van der Waals surface area (Å²) >= 11 is 0. The van der Waals surface area contributed by atoms with Crippen LogP contribution >= 0.6 is 0 Å². The molecule has 0 spiro atoms. The van der Waals surface area contributed by atoms with Crippen molar-refractivity contribution >= 4 is 8.40 Å². The molecule has 0 aromatic carbocycles. The largest absolute Gasteiger partial charge is 0.321 e. The maximum atomic E-state index is 3.92. The second-order valence-corrected chi connectivity index (χ2v) is 10.7. The zero-order chi connectivity index (χ0) is 11.7. The van der Waals surface area contributed by atoms with Crippen LogP contribution in [-0.2, 0) is 0 Å². The first-order valence-corrected chi connectivity index (χ1v) is 8.62. The average Bonchev–Trinajstić information content (AvgIpc) is 2.27. The van der Waals surface area contributed by atoms with Crippen LogP contribution in [0.3, 0.4) is 0 Å². The van der Waals surface area contributed by atoms with E-state index in [0.29, 0.717) is 0 Å². The van der Waals surface area contributed by atoms with Gasteiger partial charge in [0.1, 0.15) is 0 Å². The van der Waals surface area contributed by atoms with Gasteiger partial charge in [-0.05, 0) is 53.6 Å². The molecule has 3 heteroatoms. The van der Waals surface area contributed by atoms with Crippen LogP contribution in [0.2, 0.25) is 12.1 Å². The minimum atomic E-state index is -1.40. The van der Waals surface area contributed by atoms with E-state index in [0.717, 1.165) is 0 Å². The van der Waals surface area contributed by atoms with Gasteiger partial charge in [0.25, 0.3) is 0 Å². The highest BCUT2D eigenvalue weighted by atomic mass is 28.3. The van der Waals surface area contributed by atoms with E-state index in [-0.39, 0.29) is 11.1 Å². The van der Waals surface area contributed by atoms with Gasteiger partial charge in [0, 0.05) is 11.1 Å². The topological polar surface area (TPSA) is 24.1 Å². The summed E-state index contributed by atoms with van der Waals surface area (Å²) < 4.78 is 0. The van der Waals surface area contributed by atoms with Crippen LogP contribution < -0.4 is 9.96 Å². The highest BCUT2D eigenvalue weighted by Crippen LogP contribution is 2.29. The number of nitrogens with one attached hydrogen (secondary N) is 2. The molecule has 1 heterocycles. The second-order valence-electron chi connectivity index (χ2n) is 7.04. The summed E-state index contributed by atoms with van der Waals surface area (Å²) in [7, 11) is -1.40. The van der Waals surface area contributed by atoms with E-state index in [4.69, 9.17) is 0 Å². The fourth-order valence-electron chi connectivity index (χ4n) is 2.70. The zero-order valence-electron chi connectivity index (χ0n) is 11.3. The van der Waals surface area contributed by atoms with E-state index in [1.807, 2.05) is 0 Å². The quantitative estimate of drug-likeness (QED) is 0.710. The molecule has 0 unspecified atom stereocenters. The Morgan fingerprint density at radius 2 is 1.07 bits per heavy atom. The summed E-state index contributed by atoms with van der Waals surface area (Å²) in [6, 6.07) is 2.78. The first-order valence-electron chi connectivity index (χ1n) is 6.21. The van der Waals surface area contributed by atoms with Crippen LogP contribution in [0.15, 0.2) is 0 Å². The normalized spacial score (nSPS) is 22.0. The summed E-state index contributed by atoms with van der Waals surface area (Å²) in [5, 5.41) is 0. The van der Waals surface area contributed by atoms with Crippen LogP contribution in [0.25, 0.3) is 0 Å². The molecule has 0 aromatic rings. The molecular formula is C12H28N2Si. The van der Waals surface area contributed by atoms with Crippen molar-refractivity contribution in [3.8, 4) is 0 Å². The summed E-state index contributed by atoms with van der Waals surface area (Å²) in [6.45, 7) is 13.7. The third kappa shape index (κ3) is 4.66. The maximum Gasteiger partial charge on any atom is 0.202 e. The predicted molar refractivity (Wildman–Crippen MR) is 70.4 cm³/mol. The lowest BCUT2D eigenvalue weighted by atomic mass is 10.1. The van der Waals surface area contributed by atoms with Crippen molar-refractivity contribution < 1.29 is 0 Å². The highest BCUT2D eigenvalue weighted by molar-refractivity contribution is 6.76. The molecule has 0 aromatic heterocycles. The van der Waals surface area contributed by atoms with Crippen molar-refractivity contribution in [3.05, 3.63) is 0 Å². The third-order valence-corrected chi connectivity index (χ3v) is 7.56. The van der Waals surface area contributed by atoms with Crippen LogP contribution in [0, 0.1) is 0 Å². The molecule has 2 N–H and O–H groups in total. The number of hydrogen-bond donors (Lipinski definition) is 2. The van der Waals surface area contributed by atoms with E-state index in [9.17, 15) is 0 Å². The molecule has 15 heavy (non-hydrogen) atoms. The molecule has 0 amide bonds. The van der Waals surface area contributed by atoms with E-state index >= 15 is 0 Å². The van der Waals surface area contributed by atoms with Crippen molar-refractivity contribution in [3.63, 3.8) is 0 Å². The van der Waals surface area contributed by atoms with Gasteiger partial charge in [0.15, 0.2) is 0 Å². The molecule has 0 atom stereocenters. The smallest absolute Gasteiger partial charge is 0.202 e. The summed E-state index contributed by atoms with van der Waals surface area (Å²) in [5.74, 6) is 0. The Bertz CT molecular complexity index is 189. The SMILES string of the molecule is CC(C)(C)N[Si]1(NC(C)(C)C)CCCC1. The zero-order valence-corrected chi connectivity index (χ0v) is 12.3. The molecule has 0 radical (unpaired) electrons. The molecule has 0 bridgehead atoms. The van der Waals surface area contributed by atoms with Crippen molar-refractivity contribution in [1.29, 1.82) is 0 Å². The third-order valence-electron chi connectivity index (χ3n) is 2.69. The molecule has 0 saturated carbocycles. The molecule has 1 rings (SSSR count). The molecule has 1 aliphatic heterocycles. The average molecular weight is 228 g/mol. The molecule has 90 valence electrons. The predicted octanol–water partition coefficient (Wildman–Crippen LogP) is 3.00. The Hall–Kier alpha value is 0.137. The lowest BCUT2D eigenvalue weighted by Gasteiger charge is -2.41. The summed E-state index contributed by atoms with van der Waals surface area (Å²) in [5.41, 5.74) is 0.490. The lowest BCUT2D eigenvalue weighted by Crippen LogP contribution is -2.69. The molecule has 1 fully saturated rings. The van der Waals surface area contributed by atoms with Gasteiger partial charge < -0.3 is 9.96 Å². The van der Waals surface area contributed by atoms with Gasteiger partial charge >= 0.3 is 0 Å². The monoisotopic (exact) mass is 228 g/mol. The van der Waals surface area contributed by atoms with Gasteiger partial charge in [0.2, 0.25) is 8.40 Å². The highest BCUT2D eigenvalue weighted by Gasteiger charge is 2.41. The first-order chi connectivity index (χ1) is 6.62. The van der Waals surface area contributed by atoms with Gasteiger partial charge in [-0.15, -0.1) is 0 Å². The minimum Gasteiger partial charge on any atom is -0.321 e. The molecule has 1 saturated heterocycles. The van der Waals surface area contributed by atoms with Crippen molar-refractivity contribution in [2.45, 2.75) is 77.6 Å². The van der Waals surface area contributed by atoms with Gasteiger partial charge in [-0.3, -0.25) is 0 Å². The first kappa shape index (κ1) is 13.2. The van der Waals surface area contributed by atoms with Crippen molar-refractivity contribution in [1.82, 2.24) is 9.96 Å². The molecular weight excluding hydrogens is 200 g/mol. The lowest BCUT2D eigenvalue weighted by molar-refractivity contribution is 0.461. The van der Waals surface area contributed by atoms with Crippen LogP contribution in [-0.4, -0.2) is 19.5 Å². The van der Waals surface area contributed by atoms with Crippen LogP contribution in [0.4, 0.5) is 0 Å². The molecule has 1 aliphatic rings. The molecule has 2 nitrogen and oxygen atoms in total. The second kappa shape index (κ2) is 4.19. The van der Waals surface area contributed by atoms with E-state index in [2.05, 4.69) is 51.5 Å². The van der Waals surface area contributed by atoms with Gasteiger partial charge in [0.05, 0.1) is 0 Å². The van der Waals surface area contributed by atoms with Crippen LogP contribution in [0.1, 0.15) is 54.4 Å². The van der Waals surface area contributed by atoms with Gasteiger partial charge in [-0.1, -0.05) is 12.8 Å². The Labute approximate surface area is 96.4 Å². The Morgan fingerprint density at radius 3 is 1.33 bits per heavy atom. The fourth-order valence-corrected chi connectivity index (χ4v) is 8.09. The van der Waals surface area contributed by atoms with Gasteiger partial charge in [-0.25, -0.2) is 0 Å². The van der Waals surface area contributed by atoms with Crippen molar-refractivity contribution in [2.24, 2.45) is 0 Å². The van der Waals surface area contributed by atoms with Gasteiger partial charge in [-0.2, -0.15) is 0 Å². The number of rotatable bonds is 2. The maximum absolute atomic E-state index is 3.92. The van der Waals surface area contributed by atoms with E-state index < -0.39 is 8.40 Å². The Morgan fingerprint density at radius 1 is 0.733 bits per heavy atom. The van der Waals surface area contributed by atoms with Crippen molar-refractivity contribution in [2.75, 3.05) is 0 Å². The summed E-state index contributed by atoms with van der Waals surface area (Å²) in [6.07, 6.45) is 2.80. The molecule has 0 aliphatic carbocycles. The fraction of sp³-hybridized carbons (Fsp3) is 1.00.